The molecule has 0 heterocycles. The lowest BCUT2D eigenvalue weighted by molar-refractivity contribution is 0.374. The van der Waals surface area contributed by atoms with Gasteiger partial charge < -0.3 is 5.73 Å². The first kappa shape index (κ1) is 14.3. The number of nitrogens with two attached hydrogens (primary N) is 1. The molecule has 0 aliphatic heterocycles. The Morgan fingerprint density at radius 2 is 1.71 bits per heavy atom. The Labute approximate surface area is 106 Å². The first-order valence-electron chi connectivity index (χ1n) is 5.67. The van der Waals surface area contributed by atoms with Gasteiger partial charge in [0, 0.05) is 5.69 Å². The minimum atomic E-state index is -0.566. The summed E-state index contributed by atoms with van der Waals surface area (Å²) >= 11 is 1.22. The summed E-state index contributed by atoms with van der Waals surface area (Å²) in [6, 6.07) is 2.32. The van der Waals surface area contributed by atoms with Crippen LogP contribution in [0.15, 0.2) is 17.0 Å². The highest BCUT2D eigenvalue weighted by molar-refractivity contribution is 7.99. The third-order valence-corrected chi connectivity index (χ3v) is 3.51. The zero-order chi connectivity index (χ0) is 13.1. The number of benzene rings is 1. The van der Waals surface area contributed by atoms with Crippen molar-refractivity contribution in [2.45, 2.75) is 38.5 Å². The van der Waals surface area contributed by atoms with Gasteiger partial charge in [0.1, 0.15) is 11.6 Å². The molecule has 0 amide bonds. The quantitative estimate of drug-likeness (QED) is 0.490. The summed E-state index contributed by atoms with van der Waals surface area (Å²) in [5.74, 6) is -0.416. The maximum atomic E-state index is 13.4. The average molecular weight is 259 g/mol. The predicted molar refractivity (Wildman–Crippen MR) is 70.2 cm³/mol. The SMILES string of the molecule is CC(C)(C)CCCSc1c(F)cc(N)cc1F. The van der Waals surface area contributed by atoms with Gasteiger partial charge in [-0.3, -0.25) is 0 Å². The lowest BCUT2D eigenvalue weighted by Crippen LogP contribution is -2.04. The van der Waals surface area contributed by atoms with E-state index in [1.165, 1.54) is 11.8 Å². The lowest BCUT2D eigenvalue weighted by atomic mass is 9.91. The molecule has 1 rings (SSSR count). The number of anilines is 1. The summed E-state index contributed by atoms with van der Waals surface area (Å²) in [6.07, 6.45) is 1.98. The lowest BCUT2D eigenvalue weighted by Gasteiger charge is -2.17. The molecule has 1 aromatic rings. The molecule has 0 aliphatic carbocycles. The molecule has 0 aromatic heterocycles. The van der Waals surface area contributed by atoms with Gasteiger partial charge in [-0.2, -0.15) is 0 Å². The van der Waals surface area contributed by atoms with Crippen LogP contribution >= 0.6 is 11.8 Å². The smallest absolute Gasteiger partial charge is 0.141 e. The van der Waals surface area contributed by atoms with Gasteiger partial charge in [-0.25, -0.2) is 8.78 Å². The van der Waals surface area contributed by atoms with E-state index in [0.29, 0.717) is 0 Å². The molecule has 2 N–H and O–H groups in total. The van der Waals surface area contributed by atoms with E-state index in [2.05, 4.69) is 20.8 Å². The van der Waals surface area contributed by atoms with E-state index in [1.807, 2.05) is 0 Å². The Balaban J connectivity index is 2.53. The van der Waals surface area contributed by atoms with Crippen LogP contribution in [0, 0.1) is 17.0 Å². The Bertz CT molecular complexity index is 362. The van der Waals surface area contributed by atoms with Crippen molar-refractivity contribution < 1.29 is 8.78 Å². The first-order valence-corrected chi connectivity index (χ1v) is 6.65. The van der Waals surface area contributed by atoms with Gasteiger partial charge in [-0.1, -0.05) is 20.8 Å². The Morgan fingerprint density at radius 1 is 1.18 bits per heavy atom. The topological polar surface area (TPSA) is 26.0 Å². The molecule has 96 valence electrons. The highest BCUT2D eigenvalue weighted by Gasteiger charge is 2.13. The summed E-state index contributed by atoms with van der Waals surface area (Å²) < 4.78 is 26.9. The van der Waals surface area contributed by atoms with Crippen LogP contribution in [0.3, 0.4) is 0 Å². The van der Waals surface area contributed by atoms with E-state index in [-0.39, 0.29) is 16.0 Å². The van der Waals surface area contributed by atoms with Crippen LogP contribution in [0.2, 0.25) is 0 Å². The van der Waals surface area contributed by atoms with Gasteiger partial charge in [-0.05, 0) is 36.1 Å². The van der Waals surface area contributed by atoms with Gasteiger partial charge in [0.2, 0.25) is 0 Å². The van der Waals surface area contributed by atoms with Crippen LogP contribution in [0.4, 0.5) is 14.5 Å². The highest BCUT2D eigenvalue weighted by atomic mass is 32.2. The van der Waals surface area contributed by atoms with Gasteiger partial charge in [-0.15, -0.1) is 11.8 Å². The maximum Gasteiger partial charge on any atom is 0.141 e. The van der Waals surface area contributed by atoms with Crippen molar-refractivity contribution in [3.8, 4) is 0 Å². The van der Waals surface area contributed by atoms with Crippen LogP contribution in [-0.2, 0) is 0 Å². The maximum absolute atomic E-state index is 13.4. The minimum Gasteiger partial charge on any atom is -0.399 e. The normalized spacial score (nSPS) is 11.8. The summed E-state index contributed by atoms with van der Waals surface area (Å²) in [5, 5.41) is 0. The highest BCUT2D eigenvalue weighted by Crippen LogP contribution is 2.29. The zero-order valence-electron chi connectivity index (χ0n) is 10.5. The molecule has 4 heteroatoms. The number of hydrogen-bond donors (Lipinski definition) is 1. The molecular formula is C13H19F2NS. The van der Waals surface area contributed by atoms with E-state index >= 15 is 0 Å². The second kappa shape index (κ2) is 5.71. The number of nitrogen functional groups attached to an aromatic ring is 1. The van der Waals surface area contributed by atoms with Crippen molar-refractivity contribution >= 4 is 17.4 Å². The molecule has 0 radical (unpaired) electrons. The average Bonchev–Trinajstić information content (AvgIpc) is 2.13. The summed E-state index contributed by atoms with van der Waals surface area (Å²) in [4.78, 5) is 0.0770. The van der Waals surface area contributed by atoms with Crippen molar-refractivity contribution in [3.05, 3.63) is 23.8 Å². The summed E-state index contributed by atoms with van der Waals surface area (Å²) in [5.41, 5.74) is 5.74. The fraction of sp³-hybridized carbons (Fsp3) is 0.538. The van der Waals surface area contributed by atoms with Crippen LogP contribution in [0.25, 0.3) is 0 Å². The van der Waals surface area contributed by atoms with Gasteiger partial charge in [0.15, 0.2) is 0 Å². The Hall–Kier alpha value is -0.770. The van der Waals surface area contributed by atoms with E-state index in [9.17, 15) is 8.78 Å². The van der Waals surface area contributed by atoms with Gasteiger partial charge in [0.25, 0.3) is 0 Å². The van der Waals surface area contributed by atoms with Crippen LogP contribution in [-0.4, -0.2) is 5.75 Å². The third-order valence-electron chi connectivity index (χ3n) is 2.34. The van der Waals surface area contributed by atoms with E-state index in [0.717, 1.165) is 30.7 Å². The predicted octanol–water partition coefficient (Wildman–Crippen LogP) is 4.47. The van der Waals surface area contributed by atoms with E-state index in [1.54, 1.807) is 0 Å². The molecule has 0 fully saturated rings. The van der Waals surface area contributed by atoms with Crippen molar-refractivity contribution in [2.24, 2.45) is 5.41 Å². The molecule has 0 atom stereocenters. The van der Waals surface area contributed by atoms with Crippen molar-refractivity contribution in [1.82, 2.24) is 0 Å². The van der Waals surface area contributed by atoms with Crippen LogP contribution in [0.1, 0.15) is 33.6 Å². The minimum absolute atomic E-state index is 0.0770. The fourth-order valence-corrected chi connectivity index (χ4v) is 2.38. The molecule has 0 saturated heterocycles. The molecule has 0 aliphatic rings. The molecule has 1 nitrogen and oxygen atoms in total. The molecular weight excluding hydrogens is 240 g/mol. The number of halogens is 2. The van der Waals surface area contributed by atoms with Crippen molar-refractivity contribution in [3.63, 3.8) is 0 Å². The van der Waals surface area contributed by atoms with Crippen molar-refractivity contribution in [1.29, 1.82) is 0 Å². The zero-order valence-corrected chi connectivity index (χ0v) is 11.3. The second-order valence-corrected chi connectivity index (χ2v) is 6.43. The standard InChI is InChI=1S/C13H19F2NS/c1-13(2,3)5-4-6-17-12-10(14)7-9(16)8-11(12)15/h7-8H,4-6,16H2,1-3H3. The summed E-state index contributed by atoms with van der Waals surface area (Å²) in [7, 11) is 0. The Kier molecular flexibility index (Phi) is 4.80. The van der Waals surface area contributed by atoms with E-state index in [4.69, 9.17) is 5.73 Å². The summed E-state index contributed by atoms with van der Waals surface area (Å²) in [6.45, 7) is 6.46. The molecule has 0 saturated carbocycles. The van der Waals surface area contributed by atoms with Crippen LogP contribution < -0.4 is 5.73 Å². The molecule has 0 unspecified atom stereocenters. The van der Waals surface area contributed by atoms with E-state index < -0.39 is 11.6 Å². The molecule has 0 spiro atoms. The Morgan fingerprint density at radius 3 is 2.18 bits per heavy atom. The number of hydrogen-bond acceptors (Lipinski definition) is 2. The number of thioether (sulfide) groups is 1. The van der Waals surface area contributed by atoms with Gasteiger partial charge in [0.05, 0.1) is 4.90 Å². The molecule has 17 heavy (non-hydrogen) atoms. The number of rotatable bonds is 4. The molecule has 1 aromatic carbocycles. The third kappa shape index (κ3) is 4.94. The van der Waals surface area contributed by atoms with Crippen LogP contribution in [0.5, 0.6) is 0 Å². The molecule has 0 bridgehead atoms. The monoisotopic (exact) mass is 259 g/mol. The van der Waals surface area contributed by atoms with Gasteiger partial charge >= 0.3 is 0 Å². The second-order valence-electron chi connectivity index (χ2n) is 5.33. The largest absolute Gasteiger partial charge is 0.399 e. The fourth-order valence-electron chi connectivity index (χ4n) is 1.49. The van der Waals surface area contributed by atoms with Crippen molar-refractivity contribution in [2.75, 3.05) is 11.5 Å². The first-order chi connectivity index (χ1) is 7.79.